The number of aliphatic imine (C=N–C) groups is 1. The standard InChI is InChI=1S/C19H29N5O/c1-20-19(22-16-7-5-6-8-16)21-15-18(25)24-13-11-23(12-14-24)17-9-3-2-4-10-17/h2-4,9-10,16H,5-8,11-15H2,1H3,(H2,20,21,22). The van der Waals surface area contributed by atoms with Crippen LogP contribution in [0.5, 0.6) is 0 Å². The molecular formula is C19H29N5O. The Hall–Kier alpha value is -2.24. The van der Waals surface area contributed by atoms with E-state index in [2.05, 4.69) is 44.8 Å². The molecule has 6 heteroatoms. The molecule has 2 aliphatic rings. The number of benzene rings is 1. The van der Waals surface area contributed by atoms with Crippen LogP contribution in [-0.4, -0.2) is 62.6 Å². The number of amides is 1. The van der Waals surface area contributed by atoms with E-state index in [1.165, 1.54) is 31.4 Å². The first-order valence-corrected chi connectivity index (χ1v) is 9.31. The van der Waals surface area contributed by atoms with Crippen LogP contribution in [0, 0.1) is 0 Å². The van der Waals surface area contributed by atoms with E-state index >= 15 is 0 Å². The van der Waals surface area contributed by atoms with E-state index in [-0.39, 0.29) is 5.91 Å². The highest BCUT2D eigenvalue weighted by molar-refractivity contribution is 5.86. The molecule has 1 heterocycles. The highest BCUT2D eigenvalue weighted by Gasteiger charge is 2.22. The predicted molar refractivity (Wildman–Crippen MR) is 102 cm³/mol. The predicted octanol–water partition coefficient (Wildman–Crippen LogP) is 1.44. The highest BCUT2D eigenvalue weighted by atomic mass is 16.2. The fourth-order valence-corrected chi connectivity index (χ4v) is 3.58. The van der Waals surface area contributed by atoms with Crippen molar-refractivity contribution in [3.63, 3.8) is 0 Å². The van der Waals surface area contributed by atoms with Gasteiger partial charge in [-0.3, -0.25) is 9.79 Å². The van der Waals surface area contributed by atoms with Crippen molar-refractivity contribution >= 4 is 17.6 Å². The summed E-state index contributed by atoms with van der Waals surface area (Å²) in [5, 5.41) is 6.58. The monoisotopic (exact) mass is 343 g/mol. The van der Waals surface area contributed by atoms with Gasteiger partial charge in [0.1, 0.15) is 0 Å². The Bertz CT molecular complexity index is 575. The number of guanidine groups is 1. The van der Waals surface area contributed by atoms with Gasteiger partial charge in [-0.2, -0.15) is 0 Å². The molecule has 0 bridgehead atoms. The van der Waals surface area contributed by atoms with Crippen LogP contribution in [0.1, 0.15) is 25.7 Å². The minimum Gasteiger partial charge on any atom is -0.368 e. The van der Waals surface area contributed by atoms with Crippen molar-refractivity contribution in [1.29, 1.82) is 0 Å². The van der Waals surface area contributed by atoms with Crippen LogP contribution in [0.25, 0.3) is 0 Å². The van der Waals surface area contributed by atoms with Gasteiger partial charge >= 0.3 is 0 Å². The third-order valence-electron chi connectivity index (χ3n) is 5.08. The van der Waals surface area contributed by atoms with Crippen molar-refractivity contribution in [1.82, 2.24) is 15.5 Å². The Kier molecular flexibility index (Phi) is 6.14. The zero-order valence-electron chi connectivity index (χ0n) is 15.1. The van der Waals surface area contributed by atoms with Crippen LogP contribution in [0.3, 0.4) is 0 Å². The molecule has 1 amide bonds. The van der Waals surface area contributed by atoms with Gasteiger partial charge in [0.25, 0.3) is 0 Å². The van der Waals surface area contributed by atoms with E-state index in [4.69, 9.17) is 0 Å². The third-order valence-corrected chi connectivity index (χ3v) is 5.08. The third kappa shape index (κ3) is 4.87. The summed E-state index contributed by atoms with van der Waals surface area (Å²) in [5.74, 6) is 0.880. The molecule has 1 aromatic rings. The highest BCUT2D eigenvalue weighted by Crippen LogP contribution is 2.17. The van der Waals surface area contributed by atoms with Crippen molar-refractivity contribution in [3.05, 3.63) is 30.3 Å². The van der Waals surface area contributed by atoms with Crippen molar-refractivity contribution in [2.45, 2.75) is 31.7 Å². The summed E-state index contributed by atoms with van der Waals surface area (Å²) in [5.41, 5.74) is 1.23. The normalized spacial score (nSPS) is 19.2. The molecule has 1 aromatic carbocycles. The average molecular weight is 343 g/mol. The Balaban J connectivity index is 1.41. The van der Waals surface area contributed by atoms with Crippen molar-refractivity contribution in [3.8, 4) is 0 Å². The molecule has 1 saturated heterocycles. The molecule has 2 fully saturated rings. The van der Waals surface area contributed by atoms with Gasteiger partial charge in [0, 0.05) is 45.0 Å². The molecule has 0 unspecified atom stereocenters. The van der Waals surface area contributed by atoms with Gasteiger partial charge in [-0.25, -0.2) is 0 Å². The smallest absolute Gasteiger partial charge is 0.242 e. The molecule has 136 valence electrons. The number of hydrogen-bond donors (Lipinski definition) is 2. The summed E-state index contributed by atoms with van der Waals surface area (Å²) in [7, 11) is 1.76. The zero-order chi connectivity index (χ0) is 17.5. The van der Waals surface area contributed by atoms with E-state index in [0.717, 1.165) is 32.1 Å². The molecule has 0 atom stereocenters. The molecule has 6 nitrogen and oxygen atoms in total. The number of rotatable bonds is 4. The summed E-state index contributed by atoms with van der Waals surface area (Å²) >= 11 is 0. The van der Waals surface area contributed by atoms with E-state index in [1.807, 2.05) is 11.0 Å². The SMILES string of the molecule is CN=C(NCC(=O)N1CCN(c2ccccc2)CC1)NC1CCCC1. The number of anilines is 1. The molecule has 25 heavy (non-hydrogen) atoms. The Morgan fingerprint density at radius 3 is 2.44 bits per heavy atom. The maximum Gasteiger partial charge on any atom is 0.242 e. The average Bonchev–Trinajstić information content (AvgIpc) is 3.19. The van der Waals surface area contributed by atoms with Crippen LogP contribution in [0.2, 0.25) is 0 Å². The van der Waals surface area contributed by atoms with Crippen molar-refractivity contribution in [2.24, 2.45) is 4.99 Å². The molecule has 2 N–H and O–H groups in total. The first-order chi connectivity index (χ1) is 12.3. The van der Waals surface area contributed by atoms with E-state index in [0.29, 0.717) is 12.6 Å². The van der Waals surface area contributed by atoms with Crippen LogP contribution in [0.4, 0.5) is 5.69 Å². The molecule has 0 radical (unpaired) electrons. The Morgan fingerprint density at radius 2 is 1.80 bits per heavy atom. The second-order valence-corrected chi connectivity index (χ2v) is 6.75. The largest absolute Gasteiger partial charge is 0.368 e. The lowest BCUT2D eigenvalue weighted by atomic mass is 10.2. The molecule has 1 aliphatic heterocycles. The minimum absolute atomic E-state index is 0.141. The maximum atomic E-state index is 12.5. The van der Waals surface area contributed by atoms with Gasteiger partial charge in [0.15, 0.2) is 5.96 Å². The van der Waals surface area contributed by atoms with E-state index in [1.54, 1.807) is 7.05 Å². The lowest BCUT2D eigenvalue weighted by Crippen LogP contribution is -2.52. The number of para-hydroxylation sites is 1. The fraction of sp³-hybridized carbons (Fsp3) is 0.579. The maximum absolute atomic E-state index is 12.5. The summed E-state index contributed by atoms with van der Waals surface area (Å²) in [6.45, 7) is 3.60. The summed E-state index contributed by atoms with van der Waals surface area (Å²) in [6, 6.07) is 10.9. The lowest BCUT2D eigenvalue weighted by molar-refractivity contribution is -0.130. The number of piperazine rings is 1. The Morgan fingerprint density at radius 1 is 1.12 bits per heavy atom. The van der Waals surface area contributed by atoms with Crippen LogP contribution >= 0.6 is 0 Å². The van der Waals surface area contributed by atoms with Crippen LogP contribution < -0.4 is 15.5 Å². The molecule has 1 aliphatic carbocycles. The first kappa shape index (κ1) is 17.6. The van der Waals surface area contributed by atoms with E-state index < -0.39 is 0 Å². The number of nitrogens with zero attached hydrogens (tertiary/aromatic N) is 3. The lowest BCUT2D eigenvalue weighted by Gasteiger charge is -2.36. The summed E-state index contributed by atoms with van der Waals surface area (Å²) < 4.78 is 0. The van der Waals surface area contributed by atoms with Crippen LogP contribution in [-0.2, 0) is 4.79 Å². The second-order valence-electron chi connectivity index (χ2n) is 6.75. The molecule has 3 rings (SSSR count). The van der Waals surface area contributed by atoms with Gasteiger partial charge in [-0.05, 0) is 25.0 Å². The van der Waals surface area contributed by atoms with Crippen molar-refractivity contribution < 1.29 is 4.79 Å². The van der Waals surface area contributed by atoms with Crippen LogP contribution in [0.15, 0.2) is 35.3 Å². The van der Waals surface area contributed by atoms with Gasteiger partial charge in [-0.1, -0.05) is 31.0 Å². The Labute approximate surface area is 150 Å². The first-order valence-electron chi connectivity index (χ1n) is 9.31. The topological polar surface area (TPSA) is 60.0 Å². The molecule has 0 aromatic heterocycles. The summed E-state index contributed by atoms with van der Waals surface area (Å²) in [6.07, 6.45) is 4.94. The number of nitrogens with one attached hydrogen (secondary N) is 2. The number of hydrogen-bond acceptors (Lipinski definition) is 3. The second kappa shape index (κ2) is 8.74. The van der Waals surface area contributed by atoms with Crippen molar-refractivity contribution in [2.75, 3.05) is 44.7 Å². The number of carbonyl (C=O) groups excluding carboxylic acids is 1. The molecular weight excluding hydrogens is 314 g/mol. The zero-order valence-corrected chi connectivity index (χ0v) is 15.1. The quantitative estimate of drug-likeness (QED) is 0.642. The number of carbonyl (C=O) groups is 1. The fourth-order valence-electron chi connectivity index (χ4n) is 3.58. The van der Waals surface area contributed by atoms with Gasteiger partial charge in [-0.15, -0.1) is 0 Å². The summed E-state index contributed by atoms with van der Waals surface area (Å²) in [4.78, 5) is 21.0. The minimum atomic E-state index is 0.141. The van der Waals surface area contributed by atoms with E-state index in [9.17, 15) is 4.79 Å². The van der Waals surface area contributed by atoms with Gasteiger partial charge in [0.05, 0.1) is 6.54 Å². The molecule has 0 spiro atoms. The van der Waals surface area contributed by atoms with Gasteiger partial charge < -0.3 is 20.4 Å². The van der Waals surface area contributed by atoms with Gasteiger partial charge in [0.2, 0.25) is 5.91 Å². The molecule has 1 saturated carbocycles.